The number of fused-ring (bicyclic) bond motifs is 3. The number of hydrogen-bond acceptors (Lipinski definition) is 7. The van der Waals surface area contributed by atoms with E-state index < -0.39 is 5.97 Å². The topological polar surface area (TPSA) is 72.2 Å². The average molecular weight is 424 g/mol. The fourth-order valence-electron chi connectivity index (χ4n) is 4.13. The molecule has 1 aromatic heterocycles. The molecule has 7 nitrogen and oxygen atoms in total. The Hall–Kier alpha value is -2.90. The maximum Gasteiger partial charge on any atom is 0.308 e. The molecule has 0 spiro atoms. The van der Waals surface area contributed by atoms with Gasteiger partial charge in [0.05, 0.1) is 24.2 Å². The Morgan fingerprint density at radius 3 is 2.52 bits per heavy atom. The zero-order chi connectivity index (χ0) is 22.0. The summed E-state index contributed by atoms with van der Waals surface area (Å²) in [5.41, 5.74) is 1.15. The van der Waals surface area contributed by atoms with Gasteiger partial charge in [-0.05, 0) is 37.4 Å². The van der Waals surface area contributed by atoms with Crippen molar-refractivity contribution in [3.8, 4) is 5.75 Å². The monoisotopic (exact) mass is 424 g/mol. The van der Waals surface area contributed by atoms with E-state index in [1.807, 2.05) is 18.2 Å². The SMILES string of the molecule is CCN(CC)c1oc2ccc3ccc(OC(C)=O)cc3c2c(=O)c1CN1CCOCC1. The minimum absolute atomic E-state index is 0.0415. The molecule has 0 unspecified atom stereocenters. The van der Waals surface area contributed by atoms with Crippen molar-refractivity contribution in [2.45, 2.75) is 27.3 Å². The number of rotatable bonds is 6. The number of morpholine rings is 1. The molecule has 7 heteroatoms. The molecule has 3 aromatic rings. The maximum absolute atomic E-state index is 13.9. The summed E-state index contributed by atoms with van der Waals surface area (Å²) in [6.45, 7) is 10.3. The highest BCUT2D eigenvalue weighted by Crippen LogP contribution is 2.31. The van der Waals surface area contributed by atoms with Crippen molar-refractivity contribution >= 4 is 33.6 Å². The molecule has 1 aliphatic heterocycles. The average Bonchev–Trinajstić information content (AvgIpc) is 2.77. The van der Waals surface area contributed by atoms with Crippen molar-refractivity contribution in [2.24, 2.45) is 0 Å². The van der Waals surface area contributed by atoms with E-state index in [9.17, 15) is 9.59 Å². The lowest BCUT2D eigenvalue weighted by Gasteiger charge is -2.29. The smallest absolute Gasteiger partial charge is 0.308 e. The van der Waals surface area contributed by atoms with Crippen molar-refractivity contribution in [3.63, 3.8) is 0 Å². The van der Waals surface area contributed by atoms with Gasteiger partial charge < -0.3 is 18.8 Å². The lowest BCUT2D eigenvalue weighted by Crippen LogP contribution is -2.38. The molecule has 4 rings (SSSR count). The van der Waals surface area contributed by atoms with E-state index in [0.29, 0.717) is 47.9 Å². The van der Waals surface area contributed by atoms with Crippen molar-refractivity contribution in [1.82, 2.24) is 4.90 Å². The fraction of sp³-hybridized carbons (Fsp3) is 0.417. The molecule has 31 heavy (non-hydrogen) atoms. The predicted octanol–water partition coefficient (Wildman–Crippen LogP) is 3.55. The normalized spacial score (nSPS) is 14.8. The molecule has 0 N–H and O–H groups in total. The van der Waals surface area contributed by atoms with Crippen molar-refractivity contribution in [2.75, 3.05) is 44.3 Å². The van der Waals surface area contributed by atoms with Crippen LogP contribution < -0.4 is 15.1 Å². The summed E-state index contributed by atoms with van der Waals surface area (Å²) in [6.07, 6.45) is 0. The summed E-state index contributed by atoms with van der Waals surface area (Å²) < 4.78 is 17.1. The summed E-state index contributed by atoms with van der Waals surface area (Å²) in [7, 11) is 0. The highest BCUT2D eigenvalue weighted by atomic mass is 16.5. The fourth-order valence-corrected chi connectivity index (χ4v) is 4.13. The Morgan fingerprint density at radius 1 is 1.13 bits per heavy atom. The number of ether oxygens (including phenoxy) is 2. The highest BCUT2D eigenvalue weighted by molar-refractivity contribution is 6.06. The summed E-state index contributed by atoms with van der Waals surface area (Å²) in [6, 6.07) is 9.09. The van der Waals surface area contributed by atoms with E-state index in [4.69, 9.17) is 13.9 Å². The second-order valence-electron chi connectivity index (χ2n) is 7.69. The zero-order valence-electron chi connectivity index (χ0n) is 18.3. The first kappa shape index (κ1) is 21.3. The van der Waals surface area contributed by atoms with Crippen LogP contribution in [0.3, 0.4) is 0 Å². The maximum atomic E-state index is 13.9. The Bertz CT molecular complexity index is 1160. The van der Waals surface area contributed by atoms with Crippen molar-refractivity contribution in [3.05, 3.63) is 46.1 Å². The first-order valence-corrected chi connectivity index (χ1v) is 10.8. The van der Waals surface area contributed by atoms with Gasteiger partial charge in [0.15, 0.2) is 5.43 Å². The zero-order valence-corrected chi connectivity index (χ0v) is 18.3. The van der Waals surface area contributed by atoms with Crippen LogP contribution in [0.15, 0.2) is 39.5 Å². The van der Waals surface area contributed by atoms with E-state index in [1.54, 1.807) is 12.1 Å². The standard InChI is InChI=1S/C24H28N2O5/c1-4-26(5-2)24-20(15-25-10-12-29-13-11-25)23(28)22-19-14-18(30-16(3)27)8-6-17(19)7-9-21(22)31-24/h6-9,14H,4-5,10-13,15H2,1-3H3. The summed E-state index contributed by atoms with van der Waals surface area (Å²) >= 11 is 0. The molecule has 0 saturated carbocycles. The van der Waals surface area contributed by atoms with Gasteiger partial charge in [-0.3, -0.25) is 14.5 Å². The van der Waals surface area contributed by atoms with Crippen LogP contribution >= 0.6 is 0 Å². The number of hydrogen-bond donors (Lipinski definition) is 0. The Kier molecular flexibility index (Phi) is 6.25. The Labute approximate surface area is 181 Å². The molecule has 0 bridgehead atoms. The molecule has 2 heterocycles. The molecule has 1 aliphatic rings. The van der Waals surface area contributed by atoms with Crippen molar-refractivity contribution < 1.29 is 18.7 Å². The van der Waals surface area contributed by atoms with Crippen LogP contribution in [0.25, 0.3) is 21.7 Å². The second-order valence-corrected chi connectivity index (χ2v) is 7.69. The third-order valence-corrected chi connectivity index (χ3v) is 5.72. The Morgan fingerprint density at radius 2 is 1.84 bits per heavy atom. The van der Waals surface area contributed by atoms with Gasteiger partial charge in [0, 0.05) is 45.0 Å². The minimum atomic E-state index is -0.400. The first-order valence-electron chi connectivity index (χ1n) is 10.8. The molecule has 1 fully saturated rings. The lowest BCUT2D eigenvalue weighted by atomic mass is 10.0. The lowest BCUT2D eigenvalue weighted by molar-refractivity contribution is -0.131. The number of esters is 1. The molecular formula is C24H28N2O5. The number of benzene rings is 2. The number of nitrogens with zero attached hydrogens (tertiary/aromatic N) is 2. The summed E-state index contributed by atoms with van der Waals surface area (Å²) in [4.78, 5) is 29.6. The second kappa shape index (κ2) is 9.08. The molecule has 0 aliphatic carbocycles. The van der Waals surface area contributed by atoms with Crippen molar-refractivity contribution in [1.29, 1.82) is 0 Å². The molecule has 1 saturated heterocycles. The minimum Gasteiger partial charge on any atom is -0.440 e. The summed E-state index contributed by atoms with van der Waals surface area (Å²) in [5, 5.41) is 2.13. The van der Waals surface area contributed by atoms with Gasteiger partial charge >= 0.3 is 5.97 Å². The van der Waals surface area contributed by atoms with E-state index in [1.165, 1.54) is 6.92 Å². The van der Waals surface area contributed by atoms with Crippen LogP contribution in [-0.2, 0) is 16.1 Å². The van der Waals surface area contributed by atoms with Gasteiger partial charge in [0.25, 0.3) is 0 Å². The van der Waals surface area contributed by atoms with Gasteiger partial charge in [-0.1, -0.05) is 12.1 Å². The number of carbonyl (C=O) groups excluding carboxylic acids is 1. The largest absolute Gasteiger partial charge is 0.440 e. The molecule has 164 valence electrons. The van der Waals surface area contributed by atoms with E-state index in [2.05, 4.69) is 23.6 Å². The van der Waals surface area contributed by atoms with E-state index in [0.717, 1.165) is 37.0 Å². The number of anilines is 1. The molecule has 0 amide bonds. The van der Waals surface area contributed by atoms with Gasteiger partial charge in [0.1, 0.15) is 11.3 Å². The number of carbonyl (C=O) groups is 1. The Balaban J connectivity index is 1.94. The molecular weight excluding hydrogens is 396 g/mol. The summed E-state index contributed by atoms with van der Waals surface area (Å²) in [5.74, 6) is 0.641. The van der Waals surface area contributed by atoms with E-state index >= 15 is 0 Å². The molecule has 2 aromatic carbocycles. The predicted molar refractivity (Wildman–Crippen MR) is 121 cm³/mol. The van der Waals surface area contributed by atoms with Gasteiger partial charge in [0.2, 0.25) is 5.88 Å². The third kappa shape index (κ3) is 4.29. The van der Waals surface area contributed by atoms with Gasteiger partial charge in [-0.25, -0.2) is 0 Å². The van der Waals surface area contributed by atoms with E-state index in [-0.39, 0.29) is 5.43 Å². The molecule has 0 atom stereocenters. The molecule has 0 radical (unpaired) electrons. The van der Waals surface area contributed by atoms with Crippen LogP contribution in [-0.4, -0.2) is 50.3 Å². The highest BCUT2D eigenvalue weighted by Gasteiger charge is 2.23. The van der Waals surface area contributed by atoms with Crippen LogP contribution in [0.4, 0.5) is 5.88 Å². The van der Waals surface area contributed by atoms with Gasteiger partial charge in [-0.15, -0.1) is 0 Å². The van der Waals surface area contributed by atoms with Gasteiger partial charge in [-0.2, -0.15) is 0 Å². The quantitative estimate of drug-likeness (QED) is 0.340. The van der Waals surface area contributed by atoms with Crippen LogP contribution in [0.2, 0.25) is 0 Å². The van der Waals surface area contributed by atoms with Crippen LogP contribution in [0, 0.1) is 0 Å². The first-order chi connectivity index (χ1) is 15.0. The van der Waals surface area contributed by atoms with Crippen LogP contribution in [0.1, 0.15) is 26.3 Å². The van der Waals surface area contributed by atoms with Crippen LogP contribution in [0.5, 0.6) is 5.75 Å². The third-order valence-electron chi connectivity index (χ3n) is 5.72.